The lowest BCUT2D eigenvalue weighted by atomic mass is 9.90. The largest absolute Gasteiger partial charge is 0.480 e. The van der Waals surface area contributed by atoms with Crippen molar-refractivity contribution in [2.45, 2.75) is 24.8 Å². The molecule has 0 aromatic carbocycles. The number of rotatable bonds is 3. The molecule has 0 saturated carbocycles. The molecule has 2 rings (SSSR count). The van der Waals surface area contributed by atoms with Gasteiger partial charge < -0.3 is 10.4 Å². The summed E-state index contributed by atoms with van der Waals surface area (Å²) in [4.78, 5) is 15.2. The maximum absolute atomic E-state index is 11.2. The van der Waals surface area contributed by atoms with Crippen molar-refractivity contribution in [2.24, 2.45) is 0 Å². The van der Waals surface area contributed by atoms with Crippen LogP contribution in [0, 0.1) is 0 Å². The summed E-state index contributed by atoms with van der Waals surface area (Å²) in [5, 5.41) is 12.3. The number of aromatic nitrogens is 1. The summed E-state index contributed by atoms with van der Waals surface area (Å²) in [7, 11) is 0. The smallest absolute Gasteiger partial charge is 0.324 e. The van der Waals surface area contributed by atoms with Gasteiger partial charge in [-0.05, 0) is 31.0 Å². The number of hydrogen-bond acceptors (Lipinski definition) is 3. The molecule has 6 heteroatoms. The van der Waals surface area contributed by atoms with Crippen LogP contribution < -0.4 is 5.32 Å². The van der Waals surface area contributed by atoms with Crippen LogP contribution in [0.25, 0.3) is 0 Å². The number of nitrogens with zero attached hydrogens (tertiary/aromatic N) is 1. The first-order valence-corrected chi connectivity index (χ1v) is 5.10. The first-order valence-electron chi connectivity index (χ1n) is 5.10. The topological polar surface area (TPSA) is 62.2 Å². The van der Waals surface area contributed by atoms with Crippen molar-refractivity contribution in [3.05, 3.63) is 30.1 Å². The molecular formula is C11H16Cl2N2O2. The third-order valence-electron chi connectivity index (χ3n) is 2.88. The highest BCUT2D eigenvalue weighted by Crippen LogP contribution is 2.24. The predicted octanol–water partition coefficient (Wildman–Crippen LogP) is 1.67. The minimum absolute atomic E-state index is 0. The summed E-state index contributed by atoms with van der Waals surface area (Å²) in [5.41, 5.74) is 0.192. The molecule has 17 heavy (non-hydrogen) atoms. The summed E-state index contributed by atoms with van der Waals surface area (Å²) >= 11 is 0. The Balaban J connectivity index is 0.00000128. The minimum atomic E-state index is -0.775. The first kappa shape index (κ1) is 16.2. The number of nitrogens with one attached hydrogen (secondary N) is 1. The van der Waals surface area contributed by atoms with Gasteiger partial charge in [-0.2, -0.15) is 0 Å². The van der Waals surface area contributed by atoms with Gasteiger partial charge in [0.1, 0.15) is 5.54 Å². The fourth-order valence-electron chi connectivity index (χ4n) is 2.07. The molecule has 1 aromatic rings. The molecule has 0 aliphatic carbocycles. The molecule has 96 valence electrons. The van der Waals surface area contributed by atoms with Crippen molar-refractivity contribution in [3.8, 4) is 0 Å². The Hall–Kier alpha value is -0.840. The lowest BCUT2D eigenvalue weighted by Gasteiger charge is -2.24. The third kappa shape index (κ3) is 3.56. The van der Waals surface area contributed by atoms with Crippen LogP contribution in [0.3, 0.4) is 0 Å². The van der Waals surface area contributed by atoms with E-state index in [1.54, 1.807) is 12.4 Å². The van der Waals surface area contributed by atoms with E-state index in [1.807, 2.05) is 12.1 Å². The maximum atomic E-state index is 11.2. The van der Waals surface area contributed by atoms with Crippen molar-refractivity contribution in [1.82, 2.24) is 10.3 Å². The molecule has 1 aliphatic rings. The number of carboxylic acids is 1. The van der Waals surface area contributed by atoms with Crippen molar-refractivity contribution >= 4 is 30.8 Å². The van der Waals surface area contributed by atoms with Crippen molar-refractivity contribution in [1.29, 1.82) is 0 Å². The van der Waals surface area contributed by atoms with Gasteiger partial charge >= 0.3 is 5.97 Å². The van der Waals surface area contributed by atoms with Gasteiger partial charge in [-0.15, -0.1) is 24.8 Å². The SMILES string of the molecule is Cl.Cl.O=C(O)C1(Cc2cccnc2)CCCN1. The second kappa shape index (κ2) is 6.79. The second-order valence-electron chi connectivity index (χ2n) is 3.96. The van der Waals surface area contributed by atoms with Crippen LogP contribution in [0.5, 0.6) is 0 Å². The minimum Gasteiger partial charge on any atom is -0.480 e. The standard InChI is InChI=1S/C11H14N2O2.2ClH/c14-10(15)11(4-2-6-13-11)7-9-3-1-5-12-8-9;;/h1,3,5,8,13H,2,4,6-7H2,(H,14,15);2*1H. The fraction of sp³-hybridized carbons (Fsp3) is 0.455. The molecule has 1 fully saturated rings. The van der Waals surface area contributed by atoms with Gasteiger partial charge in [-0.1, -0.05) is 6.07 Å². The van der Waals surface area contributed by atoms with E-state index in [1.165, 1.54) is 0 Å². The maximum Gasteiger partial charge on any atom is 0.324 e. The Kier molecular flexibility index (Phi) is 6.45. The van der Waals surface area contributed by atoms with Gasteiger partial charge in [0.2, 0.25) is 0 Å². The zero-order valence-electron chi connectivity index (χ0n) is 9.26. The number of carboxylic acid groups (broad SMARTS) is 1. The van der Waals surface area contributed by atoms with E-state index in [4.69, 9.17) is 0 Å². The van der Waals surface area contributed by atoms with Crippen LogP contribution in [-0.4, -0.2) is 28.1 Å². The van der Waals surface area contributed by atoms with Crippen LogP contribution >= 0.6 is 24.8 Å². The monoisotopic (exact) mass is 278 g/mol. The highest BCUT2D eigenvalue weighted by molar-refractivity contribution is 5.85. The number of pyridine rings is 1. The summed E-state index contributed by atoms with van der Waals surface area (Å²) < 4.78 is 0. The van der Waals surface area contributed by atoms with Crippen molar-refractivity contribution in [2.75, 3.05) is 6.54 Å². The molecule has 1 saturated heterocycles. The molecule has 1 aliphatic heterocycles. The molecule has 0 radical (unpaired) electrons. The van der Waals surface area contributed by atoms with E-state index < -0.39 is 11.5 Å². The average molecular weight is 279 g/mol. The van der Waals surface area contributed by atoms with Gasteiger partial charge in [0, 0.05) is 18.8 Å². The molecular weight excluding hydrogens is 263 g/mol. The van der Waals surface area contributed by atoms with E-state index in [0.29, 0.717) is 12.8 Å². The van der Waals surface area contributed by atoms with Gasteiger partial charge in [0.05, 0.1) is 0 Å². The Labute approximate surface area is 113 Å². The predicted molar refractivity (Wildman–Crippen MR) is 70.0 cm³/mol. The van der Waals surface area contributed by atoms with Crippen molar-refractivity contribution < 1.29 is 9.90 Å². The molecule has 0 bridgehead atoms. The molecule has 1 aromatic heterocycles. The third-order valence-corrected chi connectivity index (χ3v) is 2.88. The molecule has 2 heterocycles. The zero-order valence-corrected chi connectivity index (χ0v) is 10.9. The van der Waals surface area contributed by atoms with Crippen LogP contribution in [0.4, 0.5) is 0 Å². The molecule has 1 unspecified atom stereocenters. The number of hydrogen-bond donors (Lipinski definition) is 2. The van der Waals surface area contributed by atoms with E-state index in [-0.39, 0.29) is 24.8 Å². The van der Waals surface area contributed by atoms with Crippen LogP contribution in [0.2, 0.25) is 0 Å². The van der Waals surface area contributed by atoms with E-state index in [0.717, 1.165) is 18.5 Å². The number of carbonyl (C=O) groups is 1. The summed E-state index contributed by atoms with van der Waals surface area (Å²) in [5.74, 6) is -0.760. The quantitative estimate of drug-likeness (QED) is 0.883. The summed E-state index contributed by atoms with van der Waals surface area (Å²) in [6.45, 7) is 0.784. The molecule has 1 atom stereocenters. The normalized spacial score (nSPS) is 22.4. The van der Waals surface area contributed by atoms with E-state index in [9.17, 15) is 9.90 Å². The van der Waals surface area contributed by atoms with Gasteiger partial charge in [-0.3, -0.25) is 9.78 Å². The van der Waals surface area contributed by atoms with Crippen LogP contribution in [-0.2, 0) is 11.2 Å². The summed E-state index contributed by atoms with van der Waals surface area (Å²) in [6.07, 6.45) is 5.55. The zero-order chi connectivity index (χ0) is 10.7. The Morgan fingerprint density at radius 2 is 2.29 bits per heavy atom. The lowest BCUT2D eigenvalue weighted by Crippen LogP contribution is -2.49. The van der Waals surface area contributed by atoms with Crippen LogP contribution in [0.15, 0.2) is 24.5 Å². The van der Waals surface area contributed by atoms with Crippen molar-refractivity contribution in [3.63, 3.8) is 0 Å². The van der Waals surface area contributed by atoms with E-state index >= 15 is 0 Å². The van der Waals surface area contributed by atoms with Gasteiger partial charge in [-0.25, -0.2) is 0 Å². The Morgan fingerprint density at radius 1 is 1.53 bits per heavy atom. The molecule has 2 N–H and O–H groups in total. The summed E-state index contributed by atoms with van der Waals surface area (Å²) in [6, 6.07) is 3.75. The highest BCUT2D eigenvalue weighted by Gasteiger charge is 2.40. The first-order chi connectivity index (χ1) is 7.23. The van der Waals surface area contributed by atoms with E-state index in [2.05, 4.69) is 10.3 Å². The Morgan fingerprint density at radius 3 is 2.76 bits per heavy atom. The molecule has 0 spiro atoms. The fourth-order valence-corrected chi connectivity index (χ4v) is 2.07. The number of halogens is 2. The highest BCUT2D eigenvalue weighted by atomic mass is 35.5. The Bertz CT molecular complexity index is 354. The second-order valence-corrected chi connectivity index (χ2v) is 3.96. The van der Waals surface area contributed by atoms with Crippen LogP contribution in [0.1, 0.15) is 18.4 Å². The average Bonchev–Trinajstić information content (AvgIpc) is 2.69. The number of aliphatic carboxylic acids is 1. The van der Waals surface area contributed by atoms with Gasteiger partial charge in [0.25, 0.3) is 0 Å². The van der Waals surface area contributed by atoms with Gasteiger partial charge in [0.15, 0.2) is 0 Å². The molecule has 0 amide bonds. The lowest BCUT2D eigenvalue weighted by molar-refractivity contribution is -0.144. The molecule has 4 nitrogen and oxygen atoms in total.